The van der Waals surface area contributed by atoms with Crippen LogP contribution in [0.25, 0.3) is 11.3 Å². The second-order valence-corrected chi connectivity index (χ2v) is 8.44. The Morgan fingerprint density at radius 2 is 1.97 bits per heavy atom. The highest BCUT2D eigenvalue weighted by atomic mass is 32.1. The van der Waals surface area contributed by atoms with Crippen molar-refractivity contribution in [2.75, 3.05) is 18.1 Å². The molecule has 9 heteroatoms. The van der Waals surface area contributed by atoms with Crippen LogP contribution in [0.1, 0.15) is 26.5 Å². The van der Waals surface area contributed by atoms with E-state index in [9.17, 15) is 14.4 Å². The van der Waals surface area contributed by atoms with Gasteiger partial charge in [0.2, 0.25) is 0 Å². The number of hydrogen-bond acceptors (Lipinski definition) is 6. The van der Waals surface area contributed by atoms with E-state index in [1.54, 1.807) is 40.5 Å². The van der Waals surface area contributed by atoms with Crippen molar-refractivity contribution in [2.45, 2.75) is 19.9 Å². The van der Waals surface area contributed by atoms with Crippen LogP contribution in [0.3, 0.4) is 0 Å². The molecule has 3 amide bonds. The van der Waals surface area contributed by atoms with Crippen molar-refractivity contribution < 1.29 is 19.1 Å². The summed E-state index contributed by atoms with van der Waals surface area (Å²) in [5.74, 6) is -0.849. The fourth-order valence-electron chi connectivity index (χ4n) is 3.55. The lowest BCUT2D eigenvalue weighted by Crippen LogP contribution is -2.33. The third kappa shape index (κ3) is 4.78. The predicted octanol–water partition coefficient (Wildman–Crippen LogP) is 3.03. The number of rotatable bonds is 6. The van der Waals surface area contributed by atoms with Gasteiger partial charge in [0.15, 0.2) is 6.61 Å². The van der Waals surface area contributed by atoms with Crippen molar-refractivity contribution in [1.82, 2.24) is 10.3 Å². The van der Waals surface area contributed by atoms with Crippen LogP contribution in [-0.2, 0) is 22.5 Å². The van der Waals surface area contributed by atoms with Crippen molar-refractivity contribution in [3.63, 3.8) is 0 Å². The Morgan fingerprint density at radius 1 is 1.19 bits per heavy atom. The molecule has 2 aromatic carbocycles. The molecule has 2 heterocycles. The van der Waals surface area contributed by atoms with Crippen molar-refractivity contribution in [3.05, 3.63) is 69.5 Å². The maximum absolute atomic E-state index is 12.7. The third-order valence-electron chi connectivity index (χ3n) is 5.17. The largest absolute Gasteiger partial charge is 0.452 e. The lowest BCUT2D eigenvalue weighted by molar-refractivity contribution is -0.121. The van der Waals surface area contributed by atoms with Gasteiger partial charge in [-0.3, -0.25) is 4.79 Å². The molecular weight excluding hydrogens is 428 g/mol. The predicted molar refractivity (Wildman–Crippen MR) is 121 cm³/mol. The number of anilines is 1. The number of amides is 3. The number of carbonyl (C=O) groups is 3. The summed E-state index contributed by atoms with van der Waals surface area (Å²) in [6.07, 6.45) is 0.743. The van der Waals surface area contributed by atoms with Gasteiger partial charge in [-0.2, -0.15) is 0 Å². The van der Waals surface area contributed by atoms with E-state index in [1.165, 1.54) is 0 Å². The molecule has 32 heavy (non-hydrogen) atoms. The lowest BCUT2D eigenvalue weighted by atomic mass is 10.1. The number of primary amides is 1. The molecule has 1 aliphatic heterocycles. The van der Waals surface area contributed by atoms with Gasteiger partial charge in [-0.25, -0.2) is 14.6 Å². The summed E-state index contributed by atoms with van der Waals surface area (Å²) in [4.78, 5) is 41.9. The Hall–Kier alpha value is -3.72. The van der Waals surface area contributed by atoms with E-state index in [4.69, 9.17) is 10.5 Å². The first-order chi connectivity index (χ1) is 15.4. The molecular formula is C23H22N4O4S. The summed E-state index contributed by atoms with van der Waals surface area (Å²) in [5, 5.41) is 5.51. The second-order valence-electron chi connectivity index (χ2n) is 7.38. The number of aromatic nitrogens is 1. The maximum Gasteiger partial charge on any atom is 0.338 e. The smallest absolute Gasteiger partial charge is 0.338 e. The first-order valence-corrected chi connectivity index (χ1v) is 10.9. The molecule has 0 unspecified atom stereocenters. The first-order valence-electron chi connectivity index (χ1n) is 10.1. The van der Waals surface area contributed by atoms with Crippen LogP contribution >= 0.6 is 11.3 Å². The van der Waals surface area contributed by atoms with E-state index >= 15 is 0 Å². The summed E-state index contributed by atoms with van der Waals surface area (Å²) in [7, 11) is 0. The molecule has 0 bridgehead atoms. The van der Waals surface area contributed by atoms with Crippen LogP contribution in [0.15, 0.2) is 47.8 Å². The molecule has 4 rings (SSSR count). The molecule has 1 aliphatic rings. The average Bonchev–Trinajstić information content (AvgIpc) is 3.42. The van der Waals surface area contributed by atoms with Gasteiger partial charge < -0.3 is 20.7 Å². The molecule has 3 N–H and O–H groups in total. The summed E-state index contributed by atoms with van der Waals surface area (Å²) >= 11 is 1.60. The quantitative estimate of drug-likeness (QED) is 0.560. The van der Waals surface area contributed by atoms with Crippen LogP contribution in [0.2, 0.25) is 0 Å². The zero-order valence-corrected chi connectivity index (χ0v) is 18.3. The van der Waals surface area contributed by atoms with Crippen LogP contribution in [0, 0.1) is 6.92 Å². The summed E-state index contributed by atoms with van der Waals surface area (Å²) in [6, 6.07) is 11.9. The highest BCUT2D eigenvalue weighted by Crippen LogP contribution is 2.32. The average molecular weight is 451 g/mol. The van der Waals surface area contributed by atoms with Gasteiger partial charge in [-0.15, -0.1) is 11.3 Å². The minimum Gasteiger partial charge on any atom is -0.452 e. The van der Waals surface area contributed by atoms with Gasteiger partial charge in [0, 0.05) is 29.7 Å². The molecule has 0 atom stereocenters. The molecule has 0 radical (unpaired) electrons. The number of nitrogens with one attached hydrogen (secondary N) is 1. The molecule has 0 saturated carbocycles. The van der Waals surface area contributed by atoms with Crippen molar-refractivity contribution in [1.29, 1.82) is 0 Å². The van der Waals surface area contributed by atoms with Crippen molar-refractivity contribution in [3.8, 4) is 11.3 Å². The molecule has 0 fully saturated rings. The number of hydrogen-bond donors (Lipinski definition) is 2. The zero-order chi connectivity index (χ0) is 22.7. The van der Waals surface area contributed by atoms with Gasteiger partial charge in [0.1, 0.15) is 0 Å². The van der Waals surface area contributed by atoms with Crippen LogP contribution < -0.4 is 16.0 Å². The third-order valence-corrected chi connectivity index (χ3v) is 5.95. The van der Waals surface area contributed by atoms with Gasteiger partial charge in [-0.05, 0) is 48.7 Å². The number of ether oxygens (including phenoxy) is 1. The highest BCUT2D eigenvalue weighted by molar-refractivity contribution is 7.09. The van der Waals surface area contributed by atoms with E-state index in [-0.39, 0.29) is 19.1 Å². The van der Waals surface area contributed by atoms with Gasteiger partial charge in [0.25, 0.3) is 5.91 Å². The normalized spacial score (nSPS) is 12.3. The number of benzene rings is 2. The fraction of sp³-hybridized carbons (Fsp3) is 0.217. The summed E-state index contributed by atoms with van der Waals surface area (Å²) < 4.78 is 5.22. The van der Waals surface area contributed by atoms with Crippen LogP contribution in [-0.4, -0.2) is 36.0 Å². The van der Waals surface area contributed by atoms with Crippen molar-refractivity contribution in [2.24, 2.45) is 5.73 Å². The molecule has 0 aliphatic carbocycles. The fourth-order valence-corrected chi connectivity index (χ4v) is 4.17. The second kappa shape index (κ2) is 9.19. The molecule has 0 saturated heterocycles. The Kier molecular flexibility index (Phi) is 6.18. The number of esters is 1. The number of nitrogens with zero attached hydrogens (tertiary/aromatic N) is 2. The van der Waals surface area contributed by atoms with Gasteiger partial charge >= 0.3 is 12.0 Å². The molecule has 3 aromatic rings. The van der Waals surface area contributed by atoms with Gasteiger partial charge in [-0.1, -0.05) is 18.2 Å². The Bertz CT molecular complexity index is 1170. The molecule has 8 nitrogen and oxygen atoms in total. The Balaban J connectivity index is 1.35. The topological polar surface area (TPSA) is 115 Å². The standard InChI is InChI=1S/C23H22N4O4S/c1-14-26-19(13-32-14)17-6-7-20-18(10-17)8-9-27(20)21(28)12-31-22(29)16-4-2-15(3-5-16)11-25-23(24)30/h2-7,10,13H,8-9,11-12H2,1H3,(H3,24,25,30). The van der Waals surface area contributed by atoms with E-state index < -0.39 is 12.0 Å². The number of urea groups is 1. The van der Waals surface area contributed by atoms with E-state index in [0.717, 1.165) is 39.5 Å². The molecule has 164 valence electrons. The van der Waals surface area contributed by atoms with Gasteiger partial charge in [0.05, 0.1) is 16.3 Å². The number of fused-ring (bicyclic) bond motifs is 1. The van der Waals surface area contributed by atoms with Crippen LogP contribution in [0.4, 0.5) is 10.5 Å². The zero-order valence-electron chi connectivity index (χ0n) is 17.5. The minimum atomic E-state index is -0.620. The van der Waals surface area contributed by atoms with E-state index in [1.807, 2.05) is 24.4 Å². The number of aryl methyl sites for hydroxylation is 1. The molecule has 1 aromatic heterocycles. The summed E-state index contributed by atoms with van der Waals surface area (Å²) in [6.45, 7) is 2.45. The van der Waals surface area contributed by atoms with Crippen LogP contribution in [0.5, 0.6) is 0 Å². The SMILES string of the molecule is Cc1nc(-c2ccc3c(c2)CCN3C(=O)COC(=O)c2ccc(CNC(N)=O)cc2)cs1. The first kappa shape index (κ1) is 21.5. The van der Waals surface area contributed by atoms with E-state index in [0.29, 0.717) is 12.1 Å². The Labute approximate surface area is 189 Å². The highest BCUT2D eigenvalue weighted by Gasteiger charge is 2.26. The van der Waals surface area contributed by atoms with E-state index in [2.05, 4.69) is 16.4 Å². The number of nitrogens with two attached hydrogens (primary N) is 1. The Morgan fingerprint density at radius 3 is 2.66 bits per heavy atom. The maximum atomic E-state index is 12.7. The van der Waals surface area contributed by atoms with Crippen molar-refractivity contribution >= 4 is 34.9 Å². The molecule has 0 spiro atoms. The minimum absolute atomic E-state index is 0.265. The number of thiazole rings is 1. The monoisotopic (exact) mass is 450 g/mol. The number of carbonyl (C=O) groups excluding carboxylic acids is 3. The lowest BCUT2D eigenvalue weighted by Gasteiger charge is -2.17. The summed E-state index contributed by atoms with van der Waals surface area (Å²) in [5.41, 5.74) is 10.0.